The van der Waals surface area contributed by atoms with Crippen LogP contribution in [0.2, 0.25) is 10.0 Å². The van der Waals surface area contributed by atoms with Crippen molar-refractivity contribution in [1.82, 2.24) is 5.32 Å². The van der Waals surface area contributed by atoms with Gasteiger partial charge < -0.3 is 20.1 Å². The van der Waals surface area contributed by atoms with Gasteiger partial charge in [0.1, 0.15) is 4.99 Å². The smallest absolute Gasteiger partial charge is 0.262 e. The number of amides is 1. The van der Waals surface area contributed by atoms with Crippen molar-refractivity contribution in [3.05, 3.63) is 87.9 Å². The monoisotopic (exact) mass is 474 g/mol. The highest BCUT2D eigenvalue weighted by atomic mass is 35.5. The van der Waals surface area contributed by atoms with Gasteiger partial charge >= 0.3 is 0 Å². The predicted octanol–water partition coefficient (Wildman–Crippen LogP) is 5.48. The van der Waals surface area contributed by atoms with Gasteiger partial charge in [-0.15, -0.1) is 0 Å². The number of hydrogen-bond donors (Lipinski definition) is 2. The predicted molar refractivity (Wildman–Crippen MR) is 129 cm³/mol. The van der Waals surface area contributed by atoms with Crippen molar-refractivity contribution in [2.45, 2.75) is 6.54 Å². The number of thiocarbonyl (C=S) groups is 1. The molecule has 3 aromatic rings. The van der Waals surface area contributed by atoms with Gasteiger partial charge in [0.25, 0.3) is 5.91 Å². The van der Waals surface area contributed by atoms with E-state index < -0.39 is 0 Å². The largest absolute Gasteiger partial charge is 0.493 e. The number of para-hydroxylation sites is 1. The summed E-state index contributed by atoms with van der Waals surface area (Å²) in [4.78, 5) is 12.7. The van der Waals surface area contributed by atoms with E-state index >= 15 is 0 Å². The van der Waals surface area contributed by atoms with E-state index in [-0.39, 0.29) is 12.5 Å². The summed E-state index contributed by atoms with van der Waals surface area (Å²) in [5.41, 5.74) is 2.36. The molecule has 0 aliphatic rings. The number of rotatable bonds is 8. The van der Waals surface area contributed by atoms with Crippen LogP contribution in [0, 0.1) is 0 Å². The third-order valence-corrected chi connectivity index (χ3v) is 5.26. The van der Waals surface area contributed by atoms with E-state index in [0.717, 1.165) is 11.1 Å². The first-order valence-corrected chi connectivity index (χ1v) is 10.5. The summed E-state index contributed by atoms with van der Waals surface area (Å²) in [7, 11) is 1.53. The Morgan fingerprint density at radius 1 is 1.00 bits per heavy atom. The average Bonchev–Trinajstić information content (AvgIpc) is 2.78. The lowest BCUT2D eigenvalue weighted by molar-refractivity contribution is -0.118. The molecule has 3 aromatic carbocycles. The molecular weight excluding hydrogens is 455 g/mol. The van der Waals surface area contributed by atoms with Gasteiger partial charge in [-0.2, -0.15) is 0 Å². The van der Waals surface area contributed by atoms with Crippen LogP contribution in [-0.4, -0.2) is 24.6 Å². The number of anilines is 1. The van der Waals surface area contributed by atoms with Crippen molar-refractivity contribution in [3.8, 4) is 11.5 Å². The number of carbonyl (C=O) groups is 1. The second-order valence-electron chi connectivity index (χ2n) is 6.49. The van der Waals surface area contributed by atoms with E-state index in [0.29, 0.717) is 38.8 Å². The maximum atomic E-state index is 12.2. The van der Waals surface area contributed by atoms with Crippen LogP contribution in [-0.2, 0) is 11.3 Å². The Balaban J connectivity index is 1.58. The first-order chi connectivity index (χ1) is 15.0. The molecule has 5 nitrogen and oxygen atoms in total. The summed E-state index contributed by atoms with van der Waals surface area (Å²) in [6.45, 7) is 0.374. The van der Waals surface area contributed by atoms with Crippen molar-refractivity contribution >= 4 is 52.0 Å². The maximum Gasteiger partial charge on any atom is 0.262 e. The van der Waals surface area contributed by atoms with Gasteiger partial charge in [0, 0.05) is 17.1 Å². The van der Waals surface area contributed by atoms with Gasteiger partial charge in [-0.25, -0.2) is 0 Å². The molecule has 0 unspecified atom stereocenters. The van der Waals surface area contributed by atoms with E-state index in [1.54, 1.807) is 42.5 Å². The van der Waals surface area contributed by atoms with Crippen LogP contribution in [0.15, 0.2) is 66.7 Å². The van der Waals surface area contributed by atoms with Crippen molar-refractivity contribution in [1.29, 1.82) is 0 Å². The minimum Gasteiger partial charge on any atom is -0.493 e. The van der Waals surface area contributed by atoms with E-state index in [9.17, 15) is 4.79 Å². The Labute approximate surface area is 196 Å². The highest BCUT2D eigenvalue weighted by Gasteiger charge is 2.12. The first kappa shape index (κ1) is 22.9. The third kappa shape index (κ3) is 6.59. The molecule has 2 N–H and O–H groups in total. The Morgan fingerprint density at radius 2 is 1.74 bits per heavy atom. The second-order valence-corrected chi connectivity index (χ2v) is 7.74. The van der Waals surface area contributed by atoms with E-state index in [4.69, 9.17) is 44.9 Å². The molecule has 160 valence electrons. The molecule has 31 heavy (non-hydrogen) atoms. The Hall–Kier alpha value is -2.80. The summed E-state index contributed by atoms with van der Waals surface area (Å²) < 4.78 is 11.0. The van der Waals surface area contributed by atoms with Gasteiger partial charge in [0.2, 0.25) is 0 Å². The van der Waals surface area contributed by atoms with Crippen molar-refractivity contribution in [2.75, 3.05) is 19.0 Å². The Morgan fingerprint density at radius 3 is 2.45 bits per heavy atom. The fourth-order valence-corrected chi connectivity index (χ4v) is 3.22. The molecule has 0 atom stereocenters. The summed E-state index contributed by atoms with van der Waals surface area (Å²) in [5, 5.41) is 7.05. The van der Waals surface area contributed by atoms with Crippen LogP contribution in [0.5, 0.6) is 11.5 Å². The van der Waals surface area contributed by atoms with Crippen LogP contribution < -0.4 is 20.1 Å². The highest BCUT2D eigenvalue weighted by molar-refractivity contribution is 7.80. The van der Waals surface area contributed by atoms with Gasteiger partial charge in [-0.3, -0.25) is 4.79 Å². The number of ether oxygens (including phenoxy) is 2. The van der Waals surface area contributed by atoms with Crippen LogP contribution in [0.4, 0.5) is 5.69 Å². The van der Waals surface area contributed by atoms with Crippen LogP contribution >= 0.6 is 35.4 Å². The van der Waals surface area contributed by atoms with E-state index in [1.165, 1.54) is 7.11 Å². The minimum absolute atomic E-state index is 0.194. The molecule has 3 rings (SSSR count). The molecule has 0 aromatic heterocycles. The summed E-state index contributed by atoms with van der Waals surface area (Å²) in [6.07, 6.45) is 0. The zero-order chi connectivity index (χ0) is 22.2. The zero-order valence-corrected chi connectivity index (χ0v) is 19.0. The minimum atomic E-state index is -0.334. The standard InChI is InChI=1S/C23H20Cl2N2O3S/c1-29-21-12-16(23(31)26-13-15-6-9-17(24)10-7-15)8-11-20(21)30-14-22(28)27-19-5-3-2-4-18(19)25/h2-12H,13-14H2,1H3,(H,26,31)(H,27,28). The Kier molecular flexibility index (Phi) is 8.12. The van der Waals surface area contributed by atoms with Gasteiger partial charge in [0.05, 0.1) is 17.8 Å². The van der Waals surface area contributed by atoms with Crippen molar-refractivity contribution in [3.63, 3.8) is 0 Å². The average molecular weight is 475 g/mol. The summed E-state index contributed by atoms with van der Waals surface area (Å²) >= 11 is 17.4. The molecule has 1 amide bonds. The summed E-state index contributed by atoms with van der Waals surface area (Å²) in [5.74, 6) is 0.569. The molecule has 8 heteroatoms. The number of carbonyl (C=O) groups excluding carboxylic acids is 1. The summed E-state index contributed by atoms with van der Waals surface area (Å²) in [6, 6.07) is 19.8. The molecule has 0 radical (unpaired) electrons. The molecule has 0 aliphatic heterocycles. The molecule has 0 heterocycles. The lowest BCUT2D eigenvalue weighted by atomic mass is 10.2. The maximum absolute atomic E-state index is 12.2. The van der Waals surface area contributed by atoms with Gasteiger partial charge in [-0.1, -0.05) is 59.7 Å². The lowest BCUT2D eigenvalue weighted by Gasteiger charge is -2.14. The number of nitrogens with one attached hydrogen (secondary N) is 2. The lowest BCUT2D eigenvalue weighted by Crippen LogP contribution is -2.22. The van der Waals surface area contributed by atoms with Crippen LogP contribution in [0.3, 0.4) is 0 Å². The van der Waals surface area contributed by atoms with Crippen LogP contribution in [0.1, 0.15) is 11.1 Å². The normalized spacial score (nSPS) is 10.3. The quantitative estimate of drug-likeness (QED) is 0.423. The molecule has 0 fully saturated rings. The molecule has 0 saturated heterocycles. The number of hydrogen-bond acceptors (Lipinski definition) is 4. The second kappa shape index (κ2) is 11.0. The molecule has 0 saturated carbocycles. The van der Waals surface area contributed by atoms with Crippen molar-refractivity contribution < 1.29 is 14.3 Å². The van der Waals surface area contributed by atoms with E-state index in [1.807, 2.05) is 24.3 Å². The first-order valence-electron chi connectivity index (χ1n) is 9.34. The highest BCUT2D eigenvalue weighted by Crippen LogP contribution is 2.28. The zero-order valence-electron chi connectivity index (χ0n) is 16.7. The van der Waals surface area contributed by atoms with Crippen molar-refractivity contribution in [2.24, 2.45) is 0 Å². The molecule has 0 aliphatic carbocycles. The molecular formula is C23H20Cl2N2O3S. The topological polar surface area (TPSA) is 59.6 Å². The molecule has 0 bridgehead atoms. The van der Waals surface area contributed by atoms with Crippen LogP contribution in [0.25, 0.3) is 0 Å². The fourth-order valence-electron chi connectivity index (χ4n) is 2.71. The van der Waals surface area contributed by atoms with Gasteiger partial charge in [0.15, 0.2) is 18.1 Å². The third-order valence-electron chi connectivity index (χ3n) is 4.30. The number of benzene rings is 3. The Bertz CT molecular complexity index is 1070. The number of halogens is 2. The number of methoxy groups -OCH3 is 1. The molecule has 0 spiro atoms. The van der Waals surface area contributed by atoms with E-state index in [2.05, 4.69) is 10.6 Å². The SMILES string of the molecule is COc1cc(C(=S)NCc2ccc(Cl)cc2)ccc1OCC(=O)Nc1ccccc1Cl. The van der Waals surface area contributed by atoms with Gasteiger partial charge in [-0.05, 0) is 48.0 Å². The fraction of sp³-hybridized carbons (Fsp3) is 0.130.